The number of fused-ring (bicyclic) bond motifs is 1. The number of carbonyl (C=O) groups is 1. The summed E-state index contributed by atoms with van der Waals surface area (Å²) < 4.78 is 0. The minimum absolute atomic E-state index is 0.0722. The molecule has 17 heavy (non-hydrogen) atoms. The van der Waals surface area contributed by atoms with E-state index < -0.39 is 12.0 Å². The highest BCUT2D eigenvalue weighted by atomic mass is 16.4. The van der Waals surface area contributed by atoms with Crippen LogP contribution in [0.2, 0.25) is 0 Å². The van der Waals surface area contributed by atoms with E-state index in [1.54, 1.807) is 0 Å². The van der Waals surface area contributed by atoms with Crippen molar-refractivity contribution in [1.82, 2.24) is 0 Å². The van der Waals surface area contributed by atoms with Gasteiger partial charge in [0, 0.05) is 25.3 Å². The quantitative estimate of drug-likeness (QED) is 0.821. The zero-order valence-corrected chi connectivity index (χ0v) is 9.84. The lowest BCUT2D eigenvalue weighted by molar-refractivity contribution is -0.138. The molecule has 0 saturated carbocycles. The number of nitrogens with zero attached hydrogens (tertiary/aromatic N) is 1. The number of benzene rings is 1. The van der Waals surface area contributed by atoms with Crippen molar-refractivity contribution in [2.75, 3.05) is 18.1 Å². The summed E-state index contributed by atoms with van der Waals surface area (Å²) in [6.45, 7) is 2.56. The van der Waals surface area contributed by atoms with Gasteiger partial charge in [0.15, 0.2) is 0 Å². The molecule has 2 atom stereocenters. The highest BCUT2D eigenvalue weighted by Crippen LogP contribution is 2.32. The molecule has 0 aromatic heterocycles. The Bertz CT molecular complexity index is 419. The molecule has 4 nitrogen and oxygen atoms in total. The van der Waals surface area contributed by atoms with Crippen LogP contribution in [-0.4, -0.2) is 35.4 Å². The van der Waals surface area contributed by atoms with Crippen LogP contribution in [0.15, 0.2) is 24.3 Å². The van der Waals surface area contributed by atoms with Crippen LogP contribution < -0.4 is 4.90 Å². The highest BCUT2D eigenvalue weighted by molar-refractivity contribution is 5.82. The number of aliphatic hydroxyl groups excluding tert-OH is 1. The van der Waals surface area contributed by atoms with Crippen molar-refractivity contribution in [2.24, 2.45) is 5.92 Å². The maximum Gasteiger partial charge on any atom is 0.326 e. The number of anilines is 1. The molecule has 0 amide bonds. The van der Waals surface area contributed by atoms with E-state index in [9.17, 15) is 9.90 Å². The fraction of sp³-hybridized carbons (Fsp3) is 0.462. The van der Waals surface area contributed by atoms with Gasteiger partial charge in [-0.1, -0.05) is 25.1 Å². The molecular formula is C13H17NO3. The molecule has 2 unspecified atom stereocenters. The van der Waals surface area contributed by atoms with Gasteiger partial charge < -0.3 is 15.1 Å². The van der Waals surface area contributed by atoms with E-state index >= 15 is 0 Å². The van der Waals surface area contributed by atoms with Crippen molar-refractivity contribution < 1.29 is 15.0 Å². The van der Waals surface area contributed by atoms with Crippen molar-refractivity contribution in [3.63, 3.8) is 0 Å². The van der Waals surface area contributed by atoms with Crippen molar-refractivity contribution in [1.29, 1.82) is 0 Å². The van der Waals surface area contributed by atoms with E-state index in [0.29, 0.717) is 13.0 Å². The normalized spacial score (nSPS) is 20.1. The first-order valence-electron chi connectivity index (χ1n) is 5.81. The summed E-state index contributed by atoms with van der Waals surface area (Å²) in [5, 5.41) is 18.3. The predicted molar refractivity (Wildman–Crippen MR) is 65.2 cm³/mol. The second kappa shape index (κ2) is 4.75. The smallest absolute Gasteiger partial charge is 0.326 e. The molecule has 0 spiro atoms. The molecule has 0 radical (unpaired) electrons. The van der Waals surface area contributed by atoms with E-state index in [0.717, 1.165) is 11.3 Å². The second-order valence-electron chi connectivity index (χ2n) is 4.63. The van der Waals surface area contributed by atoms with Gasteiger partial charge in [0.25, 0.3) is 0 Å². The van der Waals surface area contributed by atoms with Gasteiger partial charge in [0.05, 0.1) is 0 Å². The van der Waals surface area contributed by atoms with Crippen LogP contribution in [-0.2, 0) is 11.2 Å². The summed E-state index contributed by atoms with van der Waals surface area (Å²) in [6, 6.07) is 7.26. The van der Waals surface area contributed by atoms with Crippen LogP contribution in [0.5, 0.6) is 0 Å². The van der Waals surface area contributed by atoms with Crippen LogP contribution in [0.1, 0.15) is 12.5 Å². The molecule has 0 aliphatic carbocycles. The summed E-state index contributed by atoms with van der Waals surface area (Å²) in [4.78, 5) is 13.1. The van der Waals surface area contributed by atoms with Crippen molar-refractivity contribution >= 4 is 11.7 Å². The van der Waals surface area contributed by atoms with E-state index in [1.165, 1.54) is 0 Å². The predicted octanol–water partition coefficient (Wildman–Crippen LogP) is 1.13. The average molecular weight is 235 g/mol. The van der Waals surface area contributed by atoms with Gasteiger partial charge in [-0.25, -0.2) is 4.79 Å². The van der Waals surface area contributed by atoms with Gasteiger partial charge >= 0.3 is 5.97 Å². The van der Waals surface area contributed by atoms with Crippen LogP contribution in [0.25, 0.3) is 0 Å². The first-order chi connectivity index (χ1) is 8.13. The summed E-state index contributed by atoms with van der Waals surface area (Å²) in [7, 11) is 0. The Kier molecular flexibility index (Phi) is 3.33. The number of hydrogen-bond acceptors (Lipinski definition) is 3. The molecule has 0 saturated heterocycles. The SMILES string of the molecule is CC(CO)CN1c2ccccc2CC1C(=O)O. The number of aliphatic hydroxyl groups is 1. The first-order valence-corrected chi connectivity index (χ1v) is 5.81. The van der Waals surface area contributed by atoms with Crippen LogP contribution in [0.3, 0.4) is 0 Å². The number of rotatable bonds is 4. The molecule has 1 aromatic carbocycles. The van der Waals surface area contributed by atoms with Gasteiger partial charge in [0.1, 0.15) is 6.04 Å². The molecule has 1 aliphatic rings. The third kappa shape index (κ3) is 2.26. The van der Waals surface area contributed by atoms with Gasteiger partial charge in [-0.2, -0.15) is 0 Å². The van der Waals surface area contributed by atoms with E-state index in [1.807, 2.05) is 36.1 Å². The Morgan fingerprint density at radius 1 is 1.53 bits per heavy atom. The maximum absolute atomic E-state index is 11.2. The largest absolute Gasteiger partial charge is 0.480 e. The zero-order chi connectivity index (χ0) is 12.4. The fourth-order valence-corrected chi connectivity index (χ4v) is 2.29. The second-order valence-corrected chi connectivity index (χ2v) is 4.63. The van der Waals surface area contributed by atoms with Gasteiger partial charge in [-0.05, 0) is 17.5 Å². The van der Waals surface area contributed by atoms with Gasteiger partial charge in [-0.15, -0.1) is 0 Å². The Morgan fingerprint density at radius 3 is 2.88 bits per heavy atom. The Balaban J connectivity index is 2.27. The van der Waals surface area contributed by atoms with E-state index in [4.69, 9.17) is 5.11 Å². The summed E-state index contributed by atoms with van der Waals surface area (Å²) >= 11 is 0. The topological polar surface area (TPSA) is 60.8 Å². The monoisotopic (exact) mass is 235 g/mol. The number of aliphatic carboxylic acids is 1. The number of carboxylic acid groups (broad SMARTS) is 1. The lowest BCUT2D eigenvalue weighted by Crippen LogP contribution is -2.41. The lowest BCUT2D eigenvalue weighted by Gasteiger charge is -2.27. The minimum atomic E-state index is -0.800. The number of hydrogen-bond donors (Lipinski definition) is 2. The van der Waals surface area contributed by atoms with Gasteiger partial charge in [0.2, 0.25) is 0 Å². The minimum Gasteiger partial charge on any atom is -0.480 e. The molecule has 1 heterocycles. The zero-order valence-electron chi connectivity index (χ0n) is 9.84. The Hall–Kier alpha value is -1.55. The van der Waals surface area contributed by atoms with E-state index in [-0.39, 0.29) is 12.5 Å². The number of para-hydroxylation sites is 1. The van der Waals surface area contributed by atoms with Crippen LogP contribution in [0, 0.1) is 5.92 Å². The number of carboxylic acids is 1. The van der Waals surface area contributed by atoms with Crippen LogP contribution >= 0.6 is 0 Å². The molecule has 0 bridgehead atoms. The third-order valence-electron chi connectivity index (χ3n) is 3.20. The molecule has 1 aliphatic heterocycles. The molecule has 2 rings (SSSR count). The van der Waals surface area contributed by atoms with Gasteiger partial charge in [-0.3, -0.25) is 0 Å². The lowest BCUT2D eigenvalue weighted by atomic mass is 10.1. The standard InChI is InChI=1S/C13H17NO3/c1-9(8-15)7-14-11-5-3-2-4-10(11)6-12(14)13(16)17/h2-5,9,12,15H,6-8H2,1H3,(H,16,17). The third-order valence-corrected chi connectivity index (χ3v) is 3.20. The molecule has 1 aromatic rings. The summed E-state index contributed by atoms with van der Waals surface area (Å²) in [5.41, 5.74) is 2.06. The van der Waals surface area contributed by atoms with E-state index in [2.05, 4.69) is 0 Å². The molecule has 92 valence electrons. The first kappa shape index (κ1) is 11.9. The average Bonchev–Trinajstić information content (AvgIpc) is 2.68. The van der Waals surface area contributed by atoms with Crippen LogP contribution in [0.4, 0.5) is 5.69 Å². The maximum atomic E-state index is 11.2. The molecule has 0 fully saturated rings. The highest BCUT2D eigenvalue weighted by Gasteiger charge is 2.34. The molecule has 2 N–H and O–H groups in total. The summed E-state index contributed by atoms with van der Waals surface area (Å²) in [5.74, 6) is -0.727. The van der Waals surface area contributed by atoms with Crippen molar-refractivity contribution in [3.05, 3.63) is 29.8 Å². The summed E-state index contributed by atoms with van der Waals surface area (Å²) in [6.07, 6.45) is 0.545. The Morgan fingerprint density at radius 2 is 2.24 bits per heavy atom. The van der Waals surface area contributed by atoms with Crippen molar-refractivity contribution in [2.45, 2.75) is 19.4 Å². The Labute approximate surface area is 100 Å². The fourth-order valence-electron chi connectivity index (χ4n) is 2.29. The molecule has 4 heteroatoms. The molecular weight excluding hydrogens is 218 g/mol. The van der Waals surface area contributed by atoms with Crippen molar-refractivity contribution in [3.8, 4) is 0 Å².